The number of rotatable bonds is 6. The van der Waals surface area contributed by atoms with Crippen LogP contribution in [0, 0.1) is 0 Å². The molecule has 0 aromatic heterocycles. The van der Waals surface area contributed by atoms with Gasteiger partial charge in [0.25, 0.3) is 0 Å². The minimum absolute atomic E-state index is 0.279. The van der Waals surface area contributed by atoms with Gasteiger partial charge in [0.15, 0.2) is 0 Å². The first-order chi connectivity index (χ1) is 11.3. The number of benzene rings is 2. The maximum Gasteiger partial charge on any atom is 0.341 e. The maximum absolute atomic E-state index is 12.2. The van der Waals surface area contributed by atoms with Crippen molar-refractivity contribution in [2.75, 3.05) is 6.61 Å². The minimum atomic E-state index is -0.279. The van der Waals surface area contributed by atoms with E-state index in [0.29, 0.717) is 18.6 Å². The fraction of sp³-hybridized carbons (Fsp3) is 0.238. The molecule has 0 saturated carbocycles. The van der Waals surface area contributed by atoms with Crippen LogP contribution in [-0.4, -0.2) is 12.6 Å². The van der Waals surface area contributed by atoms with Gasteiger partial charge >= 0.3 is 5.97 Å². The topological polar surface area (TPSA) is 26.3 Å². The normalized spacial score (nSPS) is 9.83. The molecule has 23 heavy (non-hydrogen) atoms. The van der Waals surface area contributed by atoms with Gasteiger partial charge in [0.2, 0.25) is 0 Å². The molecule has 2 nitrogen and oxygen atoms in total. The summed E-state index contributed by atoms with van der Waals surface area (Å²) in [6.07, 6.45) is 1.53. The molecule has 0 spiro atoms. The Hall–Kier alpha value is -2.57. The molecule has 0 amide bonds. The van der Waals surface area contributed by atoms with E-state index >= 15 is 0 Å². The fourth-order valence-electron chi connectivity index (χ4n) is 2.36. The van der Waals surface area contributed by atoms with Crippen molar-refractivity contribution < 1.29 is 9.53 Å². The zero-order valence-electron chi connectivity index (χ0n) is 13.7. The summed E-state index contributed by atoms with van der Waals surface area (Å²) in [4.78, 5) is 12.2. The largest absolute Gasteiger partial charge is 0.462 e. The summed E-state index contributed by atoms with van der Waals surface area (Å²) in [5.41, 5.74) is 6.92. The molecule has 0 N–H and O–H groups in total. The lowest BCUT2D eigenvalue weighted by Crippen LogP contribution is -2.07. The van der Waals surface area contributed by atoms with Crippen LogP contribution in [0.4, 0.5) is 0 Å². The molecular weight excluding hydrogens is 284 g/mol. The molecule has 0 aliphatic rings. The van der Waals surface area contributed by atoms with E-state index in [1.807, 2.05) is 74.5 Å². The van der Waals surface area contributed by atoms with Crippen molar-refractivity contribution in [3.05, 3.63) is 83.1 Å². The van der Waals surface area contributed by atoms with Gasteiger partial charge in [-0.15, -0.1) is 5.73 Å². The quantitative estimate of drug-likeness (QED) is 0.426. The van der Waals surface area contributed by atoms with Crippen molar-refractivity contribution >= 4 is 11.5 Å². The Morgan fingerprint density at radius 3 is 1.87 bits per heavy atom. The number of carbonyl (C=O) groups is 1. The molecule has 0 aliphatic heterocycles. The summed E-state index contributed by atoms with van der Waals surface area (Å²) in [5, 5.41) is 0. The molecule has 0 radical (unpaired) electrons. The van der Waals surface area contributed by atoms with Crippen LogP contribution in [0.1, 0.15) is 37.8 Å². The van der Waals surface area contributed by atoms with E-state index in [9.17, 15) is 4.79 Å². The molecule has 0 saturated heterocycles. The lowest BCUT2D eigenvalue weighted by molar-refractivity contribution is -0.138. The van der Waals surface area contributed by atoms with E-state index in [1.165, 1.54) is 0 Å². The first-order valence-electron chi connectivity index (χ1n) is 8.04. The average molecular weight is 306 g/mol. The number of carbonyl (C=O) groups excluding carboxylic acids is 1. The average Bonchev–Trinajstić information content (AvgIpc) is 2.60. The summed E-state index contributed by atoms with van der Waals surface area (Å²) >= 11 is 0. The van der Waals surface area contributed by atoms with E-state index < -0.39 is 0 Å². The number of ether oxygens (including phenoxy) is 1. The van der Waals surface area contributed by atoms with Gasteiger partial charge in [-0.05, 0) is 24.5 Å². The van der Waals surface area contributed by atoms with Crippen LogP contribution in [0.25, 0.3) is 5.57 Å². The summed E-state index contributed by atoms with van der Waals surface area (Å²) in [6, 6.07) is 20.0. The standard InChI is InChI=1S/C21H22O2/c1-3-11-19(21(22)23-4-2)16-20(17-12-7-5-8-13-17)18-14-9-6-10-15-18/h5-10,12-15H,3-4,11H2,1-2H3. The second-order valence-corrected chi connectivity index (χ2v) is 5.18. The molecular formula is C21H22O2. The van der Waals surface area contributed by atoms with Gasteiger partial charge in [0.05, 0.1) is 12.2 Å². The van der Waals surface area contributed by atoms with Crippen LogP contribution in [0.2, 0.25) is 0 Å². The molecule has 0 bridgehead atoms. The first-order valence-corrected chi connectivity index (χ1v) is 8.04. The second-order valence-electron chi connectivity index (χ2n) is 5.18. The maximum atomic E-state index is 12.2. The minimum Gasteiger partial charge on any atom is -0.462 e. The van der Waals surface area contributed by atoms with Gasteiger partial charge in [0, 0.05) is 5.57 Å². The summed E-state index contributed by atoms with van der Waals surface area (Å²) < 4.78 is 5.18. The Kier molecular flexibility index (Phi) is 6.40. The third-order valence-corrected chi connectivity index (χ3v) is 3.42. The van der Waals surface area contributed by atoms with Gasteiger partial charge in [-0.3, -0.25) is 0 Å². The fourth-order valence-corrected chi connectivity index (χ4v) is 2.36. The third-order valence-electron chi connectivity index (χ3n) is 3.42. The van der Waals surface area contributed by atoms with Crippen molar-refractivity contribution in [1.82, 2.24) is 0 Å². The van der Waals surface area contributed by atoms with Gasteiger partial charge in [-0.2, -0.15) is 0 Å². The zero-order chi connectivity index (χ0) is 16.5. The van der Waals surface area contributed by atoms with Crippen molar-refractivity contribution in [2.24, 2.45) is 0 Å². The third kappa shape index (κ3) is 4.70. The monoisotopic (exact) mass is 306 g/mol. The van der Waals surface area contributed by atoms with Crippen molar-refractivity contribution in [1.29, 1.82) is 0 Å². The molecule has 0 atom stereocenters. The predicted octanol–water partition coefficient (Wildman–Crippen LogP) is 5.01. The van der Waals surface area contributed by atoms with E-state index in [-0.39, 0.29) is 5.97 Å². The molecule has 2 heteroatoms. The summed E-state index contributed by atoms with van der Waals surface area (Å²) in [5.74, 6) is -0.279. The van der Waals surface area contributed by atoms with E-state index in [0.717, 1.165) is 23.1 Å². The van der Waals surface area contributed by atoms with Crippen LogP contribution in [-0.2, 0) is 9.53 Å². The summed E-state index contributed by atoms with van der Waals surface area (Å²) in [6.45, 7) is 4.24. The summed E-state index contributed by atoms with van der Waals surface area (Å²) in [7, 11) is 0. The van der Waals surface area contributed by atoms with Crippen molar-refractivity contribution in [3.63, 3.8) is 0 Å². The Morgan fingerprint density at radius 1 is 0.913 bits per heavy atom. The number of hydrogen-bond acceptors (Lipinski definition) is 2. The molecule has 2 aromatic rings. The number of hydrogen-bond donors (Lipinski definition) is 0. The zero-order valence-corrected chi connectivity index (χ0v) is 13.7. The SMILES string of the molecule is CCCC(=C=C(c1ccccc1)c1ccccc1)C(=O)OCC. The first kappa shape index (κ1) is 16.8. The van der Waals surface area contributed by atoms with Crippen molar-refractivity contribution in [2.45, 2.75) is 26.7 Å². The van der Waals surface area contributed by atoms with E-state index in [1.54, 1.807) is 0 Å². The highest BCUT2D eigenvalue weighted by atomic mass is 16.5. The Bertz CT molecular complexity index is 652. The Labute approximate surface area is 138 Å². The lowest BCUT2D eigenvalue weighted by Gasteiger charge is -2.08. The molecule has 0 fully saturated rings. The van der Waals surface area contributed by atoms with Gasteiger partial charge in [-0.25, -0.2) is 4.79 Å². The van der Waals surface area contributed by atoms with Crippen LogP contribution < -0.4 is 0 Å². The van der Waals surface area contributed by atoms with Gasteiger partial charge < -0.3 is 4.74 Å². The van der Waals surface area contributed by atoms with E-state index in [2.05, 4.69) is 5.73 Å². The second kappa shape index (κ2) is 8.77. The van der Waals surface area contributed by atoms with Gasteiger partial charge in [0.1, 0.15) is 0 Å². The van der Waals surface area contributed by atoms with Crippen LogP contribution in [0.3, 0.4) is 0 Å². The van der Waals surface area contributed by atoms with Gasteiger partial charge in [-0.1, -0.05) is 74.0 Å². The van der Waals surface area contributed by atoms with Crippen LogP contribution in [0.15, 0.2) is 72.0 Å². The smallest absolute Gasteiger partial charge is 0.341 e. The highest BCUT2D eigenvalue weighted by molar-refractivity contribution is 5.91. The molecule has 0 heterocycles. The van der Waals surface area contributed by atoms with Crippen molar-refractivity contribution in [3.8, 4) is 0 Å². The molecule has 118 valence electrons. The Balaban J connectivity index is 2.63. The Morgan fingerprint density at radius 2 is 1.43 bits per heavy atom. The van der Waals surface area contributed by atoms with Crippen LogP contribution >= 0.6 is 0 Å². The predicted molar refractivity (Wildman–Crippen MR) is 94.0 cm³/mol. The lowest BCUT2D eigenvalue weighted by atomic mass is 9.97. The highest BCUT2D eigenvalue weighted by Gasteiger charge is 2.11. The molecule has 0 aliphatic carbocycles. The van der Waals surface area contributed by atoms with Crippen LogP contribution in [0.5, 0.6) is 0 Å². The molecule has 2 aromatic carbocycles. The molecule has 2 rings (SSSR count). The highest BCUT2D eigenvalue weighted by Crippen LogP contribution is 2.23. The number of esters is 1. The molecule has 0 unspecified atom stereocenters. The van der Waals surface area contributed by atoms with E-state index in [4.69, 9.17) is 4.74 Å².